The van der Waals surface area contributed by atoms with E-state index in [1.165, 1.54) is 0 Å². The first-order valence-electron chi connectivity index (χ1n) is 6.44. The number of aromatic nitrogens is 1. The number of pyridine rings is 1. The van der Waals surface area contributed by atoms with E-state index in [0.29, 0.717) is 28.2 Å². The van der Waals surface area contributed by atoms with Gasteiger partial charge in [-0.3, -0.25) is 0 Å². The molecule has 0 amide bonds. The molecule has 2 N–H and O–H groups in total. The molecule has 0 saturated heterocycles. The molecule has 0 bridgehead atoms. The van der Waals surface area contributed by atoms with E-state index >= 15 is 0 Å². The number of hydrogen-bond acceptors (Lipinski definition) is 3. The zero-order chi connectivity index (χ0) is 14.5. The lowest BCUT2D eigenvalue weighted by molar-refractivity contribution is 0.459. The second kappa shape index (κ2) is 6.93. The lowest BCUT2D eigenvalue weighted by atomic mass is 10.1. The minimum absolute atomic E-state index is 0.450. The third-order valence-electron chi connectivity index (χ3n) is 2.72. The maximum absolute atomic E-state index is 5.95. The van der Waals surface area contributed by atoms with Crippen molar-refractivity contribution in [3.05, 3.63) is 51.6 Å². The molecule has 3 nitrogen and oxygen atoms in total. The van der Waals surface area contributed by atoms with Crippen molar-refractivity contribution in [1.82, 2.24) is 4.98 Å². The third-order valence-corrected chi connectivity index (χ3v) is 3.15. The predicted molar refractivity (Wildman–Crippen MR) is 82.7 cm³/mol. The van der Waals surface area contributed by atoms with Crippen LogP contribution in [0.15, 0.2) is 30.3 Å². The average Bonchev–Trinajstić information content (AvgIpc) is 2.37. The van der Waals surface area contributed by atoms with Gasteiger partial charge in [0.05, 0.1) is 0 Å². The molecule has 0 aliphatic rings. The molecule has 2 rings (SSSR count). The van der Waals surface area contributed by atoms with Crippen molar-refractivity contribution in [3.63, 3.8) is 0 Å². The van der Waals surface area contributed by atoms with Crippen LogP contribution in [0, 0.1) is 0 Å². The van der Waals surface area contributed by atoms with Gasteiger partial charge in [0.15, 0.2) is 0 Å². The number of halogens is 2. The molecular weight excluding hydrogens is 295 g/mol. The Morgan fingerprint density at radius 3 is 2.40 bits per heavy atom. The third kappa shape index (κ3) is 4.10. The maximum atomic E-state index is 5.95. The minimum atomic E-state index is 0.450. The van der Waals surface area contributed by atoms with E-state index in [1.807, 2.05) is 12.1 Å². The summed E-state index contributed by atoms with van der Waals surface area (Å²) in [7, 11) is 0. The number of aryl methyl sites for hydroxylation is 1. The fraction of sp³-hybridized carbons (Fsp3) is 0.267. The number of nitrogens with two attached hydrogens (primary N) is 1. The normalized spacial score (nSPS) is 10.6. The van der Waals surface area contributed by atoms with Crippen LogP contribution in [-0.4, -0.2) is 4.98 Å². The summed E-state index contributed by atoms with van der Waals surface area (Å²) in [5.41, 5.74) is 7.66. The number of ether oxygens (including phenoxy) is 1. The summed E-state index contributed by atoms with van der Waals surface area (Å²) in [5, 5.41) is 1.05. The number of hydrogen-bond donors (Lipinski definition) is 1. The second-order valence-electron chi connectivity index (χ2n) is 4.47. The Hall–Kier alpha value is -1.29. The lowest BCUT2D eigenvalue weighted by Crippen LogP contribution is -2.01. The Labute approximate surface area is 128 Å². The number of benzene rings is 1. The fourth-order valence-electron chi connectivity index (χ4n) is 1.88. The van der Waals surface area contributed by atoms with Gasteiger partial charge in [0.25, 0.3) is 0 Å². The summed E-state index contributed by atoms with van der Waals surface area (Å²) in [6, 6.07) is 8.88. The van der Waals surface area contributed by atoms with Gasteiger partial charge in [0.2, 0.25) is 5.88 Å². The molecule has 0 spiro atoms. The van der Waals surface area contributed by atoms with Crippen LogP contribution in [0.1, 0.15) is 24.6 Å². The van der Waals surface area contributed by atoms with Crippen LogP contribution in [0.3, 0.4) is 0 Å². The molecule has 5 heteroatoms. The molecule has 0 unspecified atom stereocenters. The van der Waals surface area contributed by atoms with E-state index < -0.39 is 0 Å². The first kappa shape index (κ1) is 15.1. The van der Waals surface area contributed by atoms with Crippen LogP contribution < -0.4 is 10.5 Å². The molecule has 1 aromatic heterocycles. The second-order valence-corrected chi connectivity index (χ2v) is 5.34. The molecule has 0 radical (unpaired) electrons. The molecule has 106 valence electrons. The van der Waals surface area contributed by atoms with E-state index in [4.69, 9.17) is 33.7 Å². The summed E-state index contributed by atoms with van der Waals surface area (Å²) >= 11 is 11.9. The van der Waals surface area contributed by atoms with E-state index in [0.717, 1.165) is 24.1 Å². The molecule has 0 fully saturated rings. The SMILES string of the molecule is CCCc1cc(CN)cc(Oc2cc(Cl)cc(Cl)c2)n1. The average molecular weight is 311 g/mol. The highest BCUT2D eigenvalue weighted by Gasteiger charge is 2.06. The van der Waals surface area contributed by atoms with Crippen molar-refractivity contribution >= 4 is 23.2 Å². The van der Waals surface area contributed by atoms with Crippen LogP contribution in [0.25, 0.3) is 0 Å². The summed E-state index contributed by atoms with van der Waals surface area (Å²) in [6.07, 6.45) is 1.91. The number of rotatable bonds is 5. The van der Waals surface area contributed by atoms with E-state index in [2.05, 4.69) is 11.9 Å². The first-order chi connectivity index (χ1) is 9.60. The van der Waals surface area contributed by atoms with Gasteiger partial charge in [-0.15, -0.1) is 0 Å². The summed E-state index contributed by atoms with van der Waals surface area (Å²) in [4.78, 5) is 4.46. The van der Waals surface area contributed by atoms with Crippen LogP contribution in [-0.2, 0) is 13.0 Å². The number of nitrogens with zero attached hydrogens (tertiary/aromatic N) is 1. The molecule has 0 aliphatic heterocycles. The van der Waals surface area contributed by atoms with Crippen LogP contribution in [0.2, 0.25) is 10.0 Å². The van der Waals surface area contributed by atoms with Gasteiger partial charge in [-0.05, 0) is 36.2 Å². The fourth-order valence-corrected chi connectivity index (χ4v) is 2.39. The zero-order valence-electron chi connectivity index (χ0n) is 11.2. The molecular formula is C15H16Cl2N2O. The molecule has 0 saturated carbocycles. The smallest absolute Gasteiger partial charge is 0.219 e. The van der Waals surface area contributed by atoms with Crippen molar-refractivity contribution in [2.75, 3.05) is 0 Å². The summed E-state index contributed by atoms with van der Waals surface area (Å²) < 4.78 is 5.73. The van der Waals surface area contributed by atoms with Gasteiger partial charge >= 0.3 is 0 Å². The molecule has 1 heterocycles. The standard InChI is InChI=1S/C15H16Cl2N2O/c1-2-3-13-4-10(9-18)5-15(19-13)20-14-7-11(16)6-12(17)8-14/h4-8H,2-3,9,18H2,1H3. The van der Waals surface area contributed by atoms with Crippen LogP contribution in [0.5, 0.6) is 11.6 Å². The highest BCUT2D eigenvalue weighted by Crippen LogP contribution is 2.28. The minimum Gasteiger partial charge on any atom is -0.439 e. The summed E-state index contributed by atoms with van der Waals surface area (Å²) in [5.74, 6) is 1.07. The van der Waals surface area contributed by atoms with Gasteiger partial charge in [-0.25, -0.2) is 4.98 Å². The van der Waals surface area contributed by atoms with Gasteiger partial charge in [-0.2, -0.15) is 0 Å². The predicted octanol–water partition coefficient (Wildman–Crippen LogP) is 4.59. The van der Waals surface area contributed by atoms with E-state index in [9.17, 15) is 0 Å². The Morgan fingerprint density at radius 1 is 1.10 bits per heavy atom. The molecule has 20 heavy (non-hydrogen) atoms. The lowest BCUT2D eigenvalue weighted by Gasteiger charge is -2.09. The van der Waals surface area contributed by atoms with Gasteiger partial charge in [-0.1, -0.05) is 36.5 Å². The Balaban J connectivity index is 2.29. The maximum Gasteiger partial charge on any atom is 0.219 e. The monoisotopic (exact) mass is 310 g/mol. The Bertz CT molecular complexity index is 582. The molecule has 2 aromatic rings. The van der Waals surface area contributed by atoms with Crippen molar-refractivity contribution < 1.29 is 4.74 Å². The van der Waals surface area contributed by atoms with Crippen molar-refractivity contribution in [2.45, 2.75) is 26.3 Å². The van der Waals surface area contributed by atoms with Crippen LogP contribution >= 0.6 is 23.2 Å². The van der Waals surface area contributed by atoms with E-state index in [1.54, 1.807) is 18.2 Å². The van der Waals surface area contributed by atoms with E-state index in [-0.39, 0.29) is 0 Å². The molecule has 1 aromatic carbocycles. The van der Waals surface area contributed by atoms with Crippen molar-refractivity contribution in [1.29, 1.82) is 0 Å². The first-order valence-corrected chi connectivity index (χ1v) is 7.20. The Morgan fingerprint density at radius 2 is 1.80 bits per heavy atom. The van der Waals surface area contributed by atoms with Gasteiger partial charge < -0.3 is 10.5 Å². The highest BCUT2D eigenvalue weighted by atomic mass is 35.5. The Kier molecular flexibility index (Phi) is 5.24. The summed E-state index contributed by atoms with van der Waals surface area (Å²) in [6.45, 7) is 2.56. The van der Waals surface area contributed by atoms with Crippen LogP contribution in [0.4, 0.5) is 0 Å². The van der Waals surface area contributed by atoms with Gasteiger partial charge in [0.1, 0.15) is 5.75 Å². The zero-order valence-corrected chi connectivity index (χ0v) is 12.7. The largest absolute Gasteiger partial charge is 0.439 e. The topological polar surface area (TPSA) is 48.1 Å². The molecule has 0 aliphatic carbocycles. The quantitative estimate of drug-likeness (QED) is 0.878. The molecule has 0 atom stereocenters. The van der Waals surface area contributed by atoms with Crippen molar-refractivity contribution in [2.24, 2.45) is 5.73 Å². The van der Waals surface area contributed by atoms with Crippen molar-refractivity contribution in [3.8, 4) is 11.6 Å². The van der Waals surface area contributed by atoms with Gasteiger partial charge in [0, 0.05) is 28.4 Å². The highest BCUT2D eigenvalue weighted by molar-refractivity contribution is 6.34.